The van der Waals surface area contributed by atoms with Crippen LogP contribution in [0.5, 0.6) is 0 Å². The fourth-order valence-electron chi connectivity index (χ4n) is 6.80. The highest BCUT2D eigenvalue weighted by Crippen LogP contribution is 2.28. The summed E-state index contributed by atoms with van der Waals surface area (Å²) >= 11 is 0. The second-order valence-corrected chi connectivity index (χ2v) is 15.1. The summed E-state index contributed by atoms with van der Waals surface area (Å²) in [5.74, 6) is -0.352. The van der Waals surface area contributed by atoms with Crippen molar-refractivity contribution in [1.82, 2.24) is 9.80 Å². The first kappa shape index (κ1) is 45.5. The molecule has 0 aliphatic rings. The van der Waals surface area contributed by atoms with Crippen LogP contribution >= 0.6 is 0 Å². The molecule has 0 spiro atoms. The quantitative estimate of drug-likeness (QED) is 0.0540. The van der Waals surface area contributed by atoms with E-state index in [0.29, 0.717) is 25.9 Å². The summed E-state index contributed by atoms with van der Waals surface area (Å²) in [5.41, 5.74) is 3.89. The van der Waals surface area contributed by atoms with Crippen LogP contribution in [0.15, 0.2) is 48.5 Å². The molecule has 52 heavy (non-hydrogen) atoms. The highest BCUT2D eigenvalue weighted by atomic mass is 16.5. The molecular weight excluding hydrogens is 645 g/mol. The van der Waals surface area contributed by atoms with Crippen molar-refractivity contribution in [3.8, 4) is 11.1 Å². The van der Waals surface area contributed by atoms with E-state index in [1.165, 1.54) is 128 Å². The molecule has 0 saturated carbocycles. The van der Waals surface area contributed by atoms with Gasteiger partial charge < -0.3 is 19.3 Å². The fraction of sp³-hybridized carbons (Fsp3) is 0.696. The third-order valence-corrected chi connectivity index (χ3v) is 10.3. The second kappa shape index (κ2) is 30.7. The minimum absolute atomic E-state index is 0.176. The van der Waals surface area contributed by atoms with Gasteiger partial charge >= 0.3 is 11.9 Å². The Kier molecular flexibility index (Phi) is 26.9. The molecule has 0 fully saturated rings. The monoisotopic (exact) mass is 721 g/mol. The molecule has 0 bridgehead atoms. The number of nitrogens with zero attached hydrogens (tertiary/aromatic N) is 2. The van der Waals surface area contributed by atoms with Gasteiger partial charge in [-0.1, -0.05) is 178 Å². The first-order valence-electron chi connectivity index (χ1n) is 21.3. The molecule has 0 heterocycles. The Labute approximate surface area is 319 Å². The SMILES string of the molecule is CCCCCCCCCCCCN(C)CCC(=O)OCc1ccccc1-c1ccccc1COC(=O)CCN(C)CCCCCCCCCCCC. The van der Waals surface area contributed by atoms with Crippen LogP contribution in [-0.2, 0) is 32.3 Å². The molecule has 0 aliphatic carbocycles. The lowest BCUT2D eigenvalue weighted by Gasteiger charge is -2.17. The van der Waals surface area contributed by atoms with Gasteiger partial charge in [-0.3, -0.25) is 9.59 Å². The lowest BCUT2D eigenvalue weighted by Crippen LogP contribution is -2.23. The zero-order valence-electron chi connectivity index (χ0n) is 33.9. The van der Waals surface area contributed by atoms with E-state index in [1.54, 1.807) is 0 Å². The Morgan fingerprint density at radius 3 is 1.10 bits per heavy atom. The molecule has 0 saturated heterocycles. The van der Waals surface area contributed by atoms with E-state index in [1.807, 2.05) is 48.5 Å². The summed E-state index contributed by atoms with van der Waals surface area (Å²) in [6, 6.07) is 16.1. The van der Waals surface area contributed by atoms with Crippen LogP contribution in [0.2, 0.25) is 0 Å². The fourth-order valence-corrected chi connectivity index (χ4v) is 6.80. The number of ether oxygens (including phenoxy) is 2. The topological polar surface area (TPSA) is 59.1 Å². The van der Waals surface area contributed by atoms with Crippen LogP contribution in [0, 0.1) is 0 Å². The van der Waals surface area contributed by atoms with Crippen molar-refractivity contribution < 1.29 is 19.1 Å². The number of esters is 2. The summed E-state index contributed by atoms with van der Waals surface area (Å²) < 4.78 is 11.5. The minimum atomic E-state index is -0.176. The predicted molar refractivity (Wildman–Crippen MR) is 219 cm³/mol. The van der Waals surface area contributed by atoms with Gasteiger partial charge in [0, 0.05) is 13.1 Å². The molecular formula is C46H76N2O4. The Hall–Kier alpha value is -2.70. The van der Waals surface area contributed by atoms with Crippen molar-refractivity contribution in [2.24, 2.45) is 0 Å². The van der Waals surface area contributed by atoms with Crippen molar-refractivity contribution in [1.29, 1.82) is 0 Å². The number of benzene rings is 2. The number of carbonyl (C=O) groups is 2. The second-order valence-electron chi connectivity index (χ2n) is 15.1. The van der Waals surface area contributed by atoms with Crippen LogP contribution < -0.4 is 0 Å². The van der Waals surface area contributed by atoms with Crippen molar-refractivity contribution in [3.63, 3.8) is 0 Å². The van der Waals surface area contributed by atoms with Gasteiger partial charge in [0.25, 0.3) is 0 Å². The largest absolute Gasteiger partial charge is 0.461 e. The van der Waals surface area contributed by atoms with Gasteiger partial charge in [0.15, 0.2) is 0 Å². The summed E-state index contributed by atoms with van der Waals surface area (Å²) in [6.45, 7) is 8.43. The lowest BCUT2D eigenvalue weighted by molar-refractivity contribution is -0.146. The average molecular weight is 721 g/mol. The number of hydrogen-bond donors (Lipinski definition) is 0. The van der Waals surface area contributed by atoms with Crippen molar-refractivity contribution >= 4 is 11.9 Å². The zero-order valence-corrected chi connectivity index (χ0v) is 33.9. The Bertz CT molecular complexity index is 1090. The maximum absolute atomic E-state index is 12.7. The summed E-state index contributed by atoms with van der Waals surface area (Å²) in [5, 5.41) is 0. The molecule has 0 unspecified atom stereocenters. The number of unbranched alkanes of at least 4 members (excludes halogenated alkanes) is 18. The number of carbonyl (C=O) groups excluding carboxylic acids is 2. The molecule has 6 nitrogen and oxygen atoms in total. The molecule has 0 aromatic heterocycles. The van der Waals surface area contributed by atoms with Crippen molar-refractivity contribution in [2.75, 3.05) is 40.3 Å². The molecule has 0 radical (unpaired) electrons. The van der Waals surface area contributed by atoms with E-state index in [0.717, 1.165) is 35.3 Å². The summed E-state index contributed by atoms with van der Waals surface area (Å²) in [6.07, 6.45) is 27.4. The van der Waals surface area contributed by atoms with E-state index < -0.39 is 0 Å². The van der Waals surface area contributed by atoms with Gasteiger partial charge in [0.1, 0.15) is 13.2 Å². The van der Waals surface area contributed by atoms with Gasteiger partial charge in [-0.05, 0) is 62.3 Å². The highest BCUT2D eigenvalue weighted by molar-refractivity contribution is 5.73. The average Bonchev–Trinajstić information content (AvgIpc) is 3.16. The molecule has 6 heteroatoms. The molecule has 2 aromatic rings. The molecule has 2 aromatic carbocycles. The van der Waals surface area contributed by atoms with E-state index in [4.69, 9.17) is 9.47 Å². The van der Waals surface area contributed by atoms with Crippen LogP contribution in [0.4, 0.5) is 0 Å². The molecule has 2 rings (SSSR count). The minimum Gasteiger partial charge on any atom is -0.461 e. The highest BCUT2D eigenvalue weighted by Gasteiger charge is 2.14. The molecule has 294 valence electrons. The van der Waals surface area contributed by atoms with Gasteiger partial charge in [-0.25, -0.2) is 0 Å². The van der Waals surface area contributed by atoms with Gasteiger partial charge in [-0.2, -0.15) is 0 Å². The predicted octanol–water partition coefficient (Wildman–Crippen LogP) is 11.9. The third-order valence-electron chi connectivity index (χ3n) is 10.3. The van der Waals surface area contributed by atoms with Crippen LogP contribution in [0.25, 0.3) is 11.1 Å². The Morgan fingerprint density at radius 1 is 0.442 bits per heavy atom. The zero-order chi connectivity index (χ0) is 37.5. The maximum atomic E-state index is 12.7. The lowest BCUT2D eigenvalue weighted by atomic mass is 9.96. The van der Waals surface area contributed by atoms with Gasteiger partial charge in [-0.15, -0.1) is 0 Å². The number of hydrogen-bond acceptors (Lipinski definition) is 6. The smallest absolute Gasteiger partial charge is 0.307 e. The first-order valence-corrected chi connectivity index (χ1v) is 21.3. The van der Waals surface area contributed by atoms with Crippen LogP contribution in [0.3, 0.4) is 0 Å². The first-order chi connectivity index (χ1) is 25.4. The van der Waals surface area contributed by atoms with Crippen LogP contribution in [-0.4, -0.2) is 62.0 Å². The molecule has 0 aliphatic heterocycles. The van der Waals surface area contributed by atoms with E-state index in [-0.39, 0.29) is 25.2 Å². The van der Waals surface area contributed by atoms with Crippen molar-refractivity contribution in [2.45, 2.75) is 168 Å². The standard InChI is InChI=1S/C46H76N2O4/c1-5-7-9-11-13-15-17-19-21-27-35-47(3)37-33-45(49)51-39-41-29-23-25-31-43(41)44-32-26-24-30-42(44)40-52-46(50)34-38-48(4)36-28-22-20-18-16-14-12-10-8-6-2/h23-26,29-32H,5-22,27-28,33-40H2,1-4H3. The van der Waals surface area contributed by atoms with Crippen molar-refractivity contribution in [3.05, 3.63) is 59.7 Å². The normalized spacial score (nSPS) is 11.4. The molecule has 0 amide bonds. The van der Waals surface area contributed by atoms with E-state index in [2.05, 4.69) is 37.7 Å². The third kappa shape index (κ3) is 22.4. The van der Waals surface area contributed by atoms with Gasteiger partial charge in [0.2, 0.25) is 0 Å². The maximum Gasteiger partial charge on any atom is 0.307 e. The number of rotatable bonds is 33. The Morgan fingerprint density at radius 2 is 0.750 bits per heavy atom. The molecule has 0 atom stereocenters. The summed E-state index contributed by atoms with van der Waals surface area (Å²) in [7, 11) is 4.19. The Balaban J connectivity index is 1.67. The van der Waals surface area contributed by atoms with E-state index in [9.17, 15) is 9.59 Å². The van der Waals surface area contributed by atoms with Gasteiger partial charge in [0.05, 0.1) is 12.8 Å². The molecule has 0 N–H and O–H groups in total. The van der Waals surface area contributed by atoms with Crippen LogP contribution in [0.1, 0.15) is 166 Å². The summed E-state index contributed by atoms with van der Waals surface area (Å²) in [4.78, 5) is 29.9. The van der Waals surface area contributed by atoms with E-state index >= 15 is 0 Å².